The number of rotatable bonds is 7. The lowest BCUT2D eigenvalue weighted by molar-refractivity contribution is 0.0996. The second kappa shape index (κ2) is 8.47. The van der Waals surface area contributed by atoms with Crippen molar-refractivity contribution in [2.24, 2.45) is 16.6 Å². The van der Waals surface area contributed by atoms with E-state index < -0.39 is 47.5 Å². The second-order valence-electron chi connectivity index (χ2n) is 7.30. The summed E-state index contributed by atoms with van der Waals surface area (Å²) < 4.78 is 51.2. The number of hydrazine groups is 3. The Hall–Kier alpha value is -2.89. The van der Waals surface area contributed by atoms with E-state index in [4.69, 9.17) is 16.6 Å². The summed E-state index contributed by atoms with van der Waals surface area (Å²) in [6.45, 7) is -0.204. The molecule has 1 aromatic heterocycles. The molecule has 0 unspecified atom stereocenters. The predicted octanol–water partition coefficient (Wildman–Crippen LogP) is -1.57. The van der Waals surface area contributed by atoms with E-state index in [1.807, 2.05) is 0 Å². The molecule has 3 aromatic rings. The molecule has 0 bridgehead atoms. The van der Waals surface area contributed by atoms with Crippen molar-refractivity contribution < 1.29 is 21.6 Å². The number of benzene rings is 2. The third-order valence-corrected chi connectivity index (χ3v) is 8.08. The van der Waals surface area contributed by atoms with Gasteiger partial charge in [0.2, 0.25) is 10.0 Å². The van der Waals surface area contributed by atoms with Crippen molar-refractivity contribution in [3.05, 3.63) is 47.7 Å². The van der Waals surface area contributed by atoms with Gasteiger partial charge in [-0.05, 0) is 17.7 Å². The van der Waals surface area contributed by atoms with Crippen molar-refractivity contribution in [1.82, 2.24) is 26.9 Å². The van der Waals surface area contributed by atoms with Crippen molar-refractivity contribution in [3.8, 4) is 11.1 Å². The van der Waals surface area contributed by atoms with Gasteiger partial charge in [-0.15, -0.1) is 0 Å². The fourth-order valence-corrected chi connectivity index (χ4v) is 6.62. The van der Waals surface area contributed by atoms with Gasteiger partial charge >= 0.3 is 0 Å². The van der Waals surface area contributed by atoms with Crippen LogP contribution in [0.3, 0.4) is 0 Å². The Bertz CT molecular complexity index is 1460. The standard InChI is InChI=1S/C18H22N8O5S2/c19-6-7-32(28,29)13-5-4-10(14(16(13)33(21,30)31)18-23-25-26-24-18)11-3-1-2-9-8-12(17(20)27)22-15(9)11/h1-5,8,18,22-26H,6-7,19H2,(H2,20,27)(H2,21,30,31). The summed E-state index contributed by atoms with van der Waals surface area (Å²) in [5.41, 5.74) is 23.1. The van der Waals surface area contributed by atoms with Gasteiger partial charge in [-0.3, -0.25) is 4.79 Å². The van der Waals surface area contributed by atoms with Gasteiger partial charge in [0.1, 0.15) is 16.8 Å². The van der Waals surface area contributed by atoms with Crippen LogP contribution >= 0.6 is 0 Å². The molecule has 11 N–H and O–H groups in total. The first-order chi connectivity index (χ1) is 15.5. The lowest BCUT2D eigenvalue weighted by Gasteiger charge is -2.21. The summed E-state index contributed by atoms with van der Waals surface area (Å²) in [6, 6.07) is 9.39. The molecule has 2 heterocycles. The van der Waals surface area contributed by atoms with Crippen LogP contribution in [0.25, 0.3) is 22.0 Å². The number of sulfonamides is 1. The van der Waals surface area contributed by atoms with Gasteiger partial charge in [0.05, 0.1) is 16.2 Å². The molecule has 4 rings (SSSR count). The fourth-order valence-electron chi connectivity index (χ4n) is 3.81. The van der Waals surface area contributed by atoms with Crippen molar-refractivity contribution in [2.45, 2.75) is 16.0 Å². The molecule has 0 spiro atoms. The first-order valence-corrected chi connectivity index (χ1v) is 12.8. The number of primary amides is 1. The van der Waals surface area contributed by atoms with Gasteiger partial charge in [0.25, 0.3) is 5.91 Å². The molecule has 0 atom stereocenters. The average Bonchev–Trinajstić information content (AvgIpc) is 3.41. The Morgan fingerprint density at radius 1 is 1.00 bits per heavy atom. The summed E-state index contributed by atoms with van der Waals surface area (Å²) in [5.74, 6) is -1.14. The van der Waals surface area contributed by atoms with Crippen molar-refractivity contribution in [1.29, 1.82) is 0 Å². The number of carbonyl (C=O) groups is 1. The highest BCUT2D eigenvalue weighted by Crippen LogP contribution is 2.39. The summed E-state index contributed by atoms with van der Waals surface area (Å²) >= 11 is 0. The van der Waals surface area contributed by atoms with Crippen molar-refractivity contribution in [2.75, 3.05) is 12.3 Å². The number of fused-ring (bicyclic) bond motifs is 1. The Balaban J connectivity index is 2.11. The van der Waals surface area contributed by atoms with Gasteiger partial charge in [-0.1, -0.05) is 24.3 Å². The number of aromatic nitrogens is 1. The molecule has 176 valence electrons. The summed E-state index contributed by atoms with van der Waals surface area (Å²) in [4.78, 5) is 13.6. The minimum atomic E-state index is -4.53. The average molecular weight is 495 g/mol. The number of hydrogen-bond donors (Lipinski definition) is 8. The number of sulfone groups is 1. The maximum atomic E-state index is 12.9. The molecule has 13 nitrogen and oxygen atoms in total. The zero-order chi connectivity index (χ0) is 24.0. The Morgan fingerprint density at radius 2 is 1.70 bits per heavy atom. The molecule has 1 aliphatic heterocycles. The van der Waals surface area contributed by atoms with Crippen LogP contribution < -0.4 is 38.5 Å². The molecule has 1 saturated heterocycles. The van der Waals surface area contributed by atoms with E-state index in [2.05, 4.69) is 26.9 Å². The SMILES string of the molecule is NCCS(=O)(=O)c1ccc(-c2cccc3cc(C(N)=O)[nH]c23)c(C2NNNN2)c1S(N)(=O)=O. The minimum absolute atomic E-state index is 0.0517. The number of carbonyl (C=O) groups excluding carboxylic acids is 1. The van der Waals surface area contributed by atoms with E-state index in [9.17, 15) is 21.6 Å². The Kier molecular flexibility index (Phi) is 5.97. The van der Waals surface area contributed by atoms with Gasteiger partial charge in [0.15, 0.2) is 9.84 Å². The van der Waals surface area contributed by atoms with E-state index in [0.717, 1.165) is 0 Å². The lowest BCUT2D eigenvalue weighted by atomic mass is 9.96. The molecule has 0 radical (unpaired) electrons. The van der Waals surface area contributed by atoms with Crippen LogP contribution in [0.2, 0.25) is 0 Å². The molecule has 0 saturated carbocycles. The van der Waals surface area contributed by atoms with Gasteiger partial charge in [-0.25, -0.2) is 32.8 Å². The normalized spacial score (nSPS) is 15.3. The minimum Gasteiger partial charge on any atom is -0.364 e. The Labute approximate surface area is 189 Å². The number of hydrogen-bond acceptors (Lipinski definition) is 10. The van der Waals surface area contributed by atoms with Crippen LogP contribution in [0.15, 0.2) is 46.2 Å². The zero-order valence-corrected chi connectivity index (χ0v) is 18.7. The number of nitrogens with one attached hydrogen (secondary N) is 5. The largest absolute Gasteiger partial charge is 0.364 e. The molecule has 1 fully saturated rings. The quantitative estimate of drug-likeness (QED) is 0.188. The number of aromatic amines is 1. The first kappa shape index (κ1) is 23.3. The molecular formula is C18H22N8O5S2. The smallest absolute Gasteiger partial charge is 0.265 e. The van der Waals surface area contributed by atoms with E-state index >= 15 is 0 Å². The van der Waals surface area contributed by atoms with Crippen LogP contribution in [0.4, 0.5) is 0 Å². The van der Waals surface area contributed by atoms with Crippen LogP contribution in [-0.2, 0) is 19.9 Å². The molecular weight excluding hydrogens is 472 g/mol. The first-order valence-electron chi connectivity index (χ1n) is 9.60. The highest BCUT2D eigenvalue weighted by atomic mass is 32.2. The van der Waals surface area contributed by atoms with E-state index in [1.54, 1.807) is 24.3 Å². The number of H-pyrrole nitrogens is 1. The topological polar surface area (TPSA) is 227 Å². The van der Waals surface area contributed by atoms with Crippen LogP contribution in [0.1, 0.15) is 22.2 Å². The lowest BCUT2D eigenvalue weighted by Crippen LogP contribution is -2.33. The number of primary sulfonamides is 1. The molecule has 15 heteroatoms. The fraction of sp³-hybridized carbons (Fsp3) is 0.167. The van der Waals surface area contributed by atoms with Crippen molar-refractivity contribution >= 4 is 36.7 Å². The van der Waals surface area contributed by atoms with Crippen LogP contribution in [0.5, 0.6) is 0 Å². The zero-order valence-electron chi connectivity index (χ0n) is 17.0. The van der Waals surface area contributed by atoms with E-state index in [1.165, 1.54) is 12.1 Å². The molecule has 2 aromatic carbocycles. The maximum Gasteiger partial charge on any atom is 0.265 e. The van der Waals surface area contributed by atoms with Gasteiger partial charge in [-0.2, -0.15) is 11.1 Å². The second-order valence-corrected chi connectivity index (χ2v) is 10.9. The number of para-hydroxylation sites is 1. The van der Waals surface area contributed by atoms with Gasteiger partial charge in [0, 0.05) is 23.1 Å². The Morgan fingerprint density at radius 3 is 2.30 bits per heavy atom. The highest BCUT2D eigenvalue weighted by molar-refractivity contribution is 7.93. The highest BCUT2D eigenvalue weighted by Gasteiger charge is 2.34. The molecule has 33 heavy (non-hydrogen) atoms. The predicted molar refractivity (Wildman–Crippen MR) is 120 cm³/mol. The van der Waals surface area contributed by atoms with Crippen molar-refractivity contribution in [3.63, 3.8) is 0 Å². The molecule has 0 aliphatic carbocycles. The summed E-state index contributed by atoms with van der Waals surface area (Å²) in [7, 11) is -8.61. The summed E-state index contributed by atoms with van der Waals surface area (Å²) in [5, 5.41) is 6.18. The van der Waals surface area contributed by atoms with Crippen LogP contribution in [-0.4, -0.2) is 40.0 Å². The monoisotopic (exact) mass is 494 g/mol. The van der Waals surface area contributed by atoms with Crippen LogP contribution in [0, 0.1) is 0 Å². The third-order valence-electron chi connectivity index (χ3n) is 5.16. The maximum absolute atomic E-state index is 12.9. The van der Waals surface area contributed by atoms with Gasteiger partial charge < -0.3 is 16.5 Å². The number of nitrogens with two attached hydrogens (primary N) is 3. The molecule has 1 aliphatic rings. The number of amides is 1. The van der Waals surface area contributed by atoms with E-state index in [0.29, 0.717) is 22.0 Å². The summed E-state index contributed by atoms with van der Waals surface area (Å²) in [6.07, 6.45) is -0.901. The molecule has 1 amide bonds. The third kappa shape index (κ3) is 4.23. The van der Waals surface area contributed by atoms with E-state index in [-0.39, 0.29) is 17.8 Å².